The maximum absolute atomic E-state index is 12.1. The molecule has 0 aliphatic carbocycles. The summed E-state index contributed by atoms with van der Waals surface area (Å²) in [5.74, 6) is -0.0785. The van der Waals surface area contributed by atoms with Gasteiger partial charge in [0.25, 0.3) is 5.91 Å². The molecule has 2 rings (SSSR count). The van der Waals surface area contributed by atoms with E-state index in [0.29, 0.717) is 12.1 Å². The van der Waals surface area contributed by atoms with Crippen LogP contribution in [-0.4, -0.2) is 5.91 Å². The third-order valence-corrected chi connectivity index (χ3v) is 3.74. The van der Waals surface area contributed by atoms with Gasteiger partial charge in [0, 0.05) is 21.1 Å². The Balaban J connectivity index is 2.08. The Morgan fingerprint density at radius 1 is 1.11 bits per heavy atom. The number of carbonyl (C=O) groups is 1. The second kappa shape index (κ2) is 6.35. The fraction of sp³-hybridized carbons (Fsp3) is 0.133. The summed E-state index contributed by atoms with van der Waals surface area (Å²) in [5, 5.41) is 2.93. The summed E-state index contributed by atoms with van der Waals surface area (Å²) < 4.78 is 1.76. The first-order chi connectivity index (χ1) is 9.06. The number of carbonyl (C=O) groups excluding carboxylic acids is 1. The number of hydrogen-bond donors (Lipinski definition) is 1. The first-order valence-electron chi connectivity index (χ1n) is 5.85. The molecule has 0 fully saturated rings. The highest BCUT2D eigenvalue weighted by molar-refractivity contribution is 9.11. The van der Waals surface area contributed by atoms with Gasteiger partial charge in [-0.15, -0.1) is 0 Å². The van der Waals surface area contributed by atoms with E-state index in [-0.39, 0.29) is 5.91 Å². The molecule has 0 aliphatic rings. The van der Waals surface area contributed by atoms with Gasteiger partial charge in [-0.1, -0.05) is 56.1 Å². The van der Waals surface area contributed by atoms with E-state index in [1.807, 2.05) is 37.3 Å². The second-order valence-electron chi connectivity index (χ2n) is 4.27. The van der Waals surface area contributed by atoms with Crippen molar-refractivity contribution in [3.8, 4) is 0 Å². The minimum atomic E-state index is -0.0785. The lowest BCUT2D eigenvalue weighted by molar-refractivity contribution is 0.0950. The van der Waals surface area contributed by atoms with Crippen molar-refractivity contribution in [1.29, 1.82) is 0 Å². The summed E-state index contributed by atoms with van der Waals surface area (Å²) in [6, 6.07) is 13.5. The Morgan fingerprint density at radius 2 is 1.74 bits per heavy atom. The van der Waals surface area contributed by atoms with E-state index >= 15 is 0 Å². The van der Waals surface area contributed by atoms with Gasteiger partial charge < -0.3 is 5.32 Å². The average molecular weight is 383 g/mol. The molecule has 0 aliphatic heterocycles. The Kier molecular flexibility index (Phi) is 4.77. The minimum Gasteiger partial charge on any atom is -0.348 e. The molecule has 0 heterocycles. The van der Waals surface area contributed by atoms with Crippen LogP contribution in [-0.2, 0) is 6.54 Å². The van der Waals surface area contributed by atoms with Crippen LogP contribution < -0.4 is 5.32 Å². The van der Waals surface area contributed by atoms with E-state index in [1.54, 1.807) is 12.1 Å². The van der Waals surface area contributed by atoms with Crippen LogP contribution in [0.25, 0.3) is 0 Å². The molecule has 4 heteroatoms. The first-order valence-corrected chi connectivity index (χ1v) is 7.43. The average Bonchev–Trinajstić information content (AvgIpc) is 2.36. The SMILES string of the molecule is Cc1ccccc1CNC(=O)c1cc(Br)cc(Br)c1. The van der Waals surface area contributed by atoms with Crippen LogP contribution in [0.1, 0.15) is 21.5 Å². The fourth-order valence-corrected chi connectivity index (χ4v) is 3.06. The maximum Gasteiger partial charge on any atom is 0.251 e. The molecule has 1 amide bonds. The Hall–Kier alpha value is -1.13. The van der Waals surface area contributed by atoms with E-state index in [2.05, 4.69) is 37.2 Å². The first kappa shape index (κ1) is 14.3. The second-order valence-corrected chi connectivity index (χ2v) is 6.10. The van der Waals surface area contributed by atoms with Gasteiger partial charge >= 0.3 is 0 Å². The number of rotatable bonds is 3. The predicted octanol–water partition coefficient (Wildman–Crippen LogP) is 4.45. The van der Waals surface area contributed by atoms with Gasteiger partial charge in [0.15, 0.2) is 0 Å². The summed E-state index contributed by atoms with van der Waals surface area (Å²) in [6.07, 6.45) is 0. The largest absolute Gasteiger partial charge is 0.348 e. The van der Waals surface area contributed by atoms with Crippen LogP contribution in [0.15, 0.2) is 51.4 Å². The molecule has 0 bridgehead atoms. The lowest BCUT2D eigenvalue weighted by Crippen LogP contribution is -2.23. The van der Waals surface area contributed by atoms with E-state index < -0.39 is 0 Å². The van der Waals surface area contributed by atoms with Crippen LogP contribution in [0.4, 0.5) is 0 Å². The number of nitrogens with one attached hydrogen (secondary N) is 1. The molecule has 0 saturated carbocycles. The highest BCUT2D eigenvalue weighted by Crippen LogP contribution is 2.20. The molecule has 0 radical (unpaired) electrons. The summed E-state index contributed by atoms with van der Waals surface area (Å²) in [5.41, 5.74) is 2.94. The summed E-state index contributed by atoms with van der Waals surface area (Å²) in [6.45, 7) is 2.58. The predicted molar refractivity (Wildman–Crippen MR) is 84.2 cm³/mol. The molecule has 19 heavy (non-hydrogen) atoms. The lowest BCUT2D eigenvalue weighted by atomic mass is 10.1. The topological polar surface area (TPSA) is 29.1 Å². The van der Waals surface area contributed by atoms with Gasteiger partial charge in [-0.05, 0) is 36.2 Å². The smallest absolute Gasteiger partial charge is 0.251 e. The highest BCUT2D eigenvalue weighted by Gasteiger charge is 2.07. The summed E-state index contributed by atoms with van der Waals surface area (Å²) in [7, 11) is 0. The van der Waals surface area contributed by atoms with Gasteiger partial charge in [-0.3, -0.25) is 4.79 Å². The molecule has 2 aromatic carbocycles. The number of hydrogen-bond acceptors (Lipinski definition) is 1. The van der Waals surface area contributed by atoms with Crippen LogP contribution in [0.2, 0.25) is 0 Å². The molecule has 1 N–H and O–H groups in total. The molecule has 2 aromatic rings. The van der Waals surface area contributed by atoms with Gasteiger partial charge in [0.05, 0.1) is 0 Å². The third-order valence-electron chi connectivity index (χ3n) is 2.83. The molecule has 0 aromatic heterocycles. The number of halogens is 2. The van der Waals surface area contributed by atoms with E-state index in [1.165, 1.54) is 5.56 Å². The van der Waals surface area contributed by atoms with Crippen molar-refractivity contribution in [2.24, 2.45) is 0 Å². The van der Waals surface area contributed by atoms with E-state index in [0.717, 1.165) is 14.5 Å². The van der Waals surface area contributed by atoms with Crippen LogP contribution in [0.3, 0.4) is 0 Å². The van der Waals surface area contributed by atoms with Gasteiger partial charge in [-0.2, -0.15) is 0 Å². The van der Waals surface area contributed by atoms with Crippen molar-refractivity contribution in [2.45, 2.75) is 13.5 Å². The Labute approximate surface area is 129 Å². The molecule has 0 spiro atoms. The Bertz CT molecular complexity index is 591. The monoisotopic (exact) mass is 381 g/mol. The third kappa shape index (κ3) is 3.91. The van der Waals surface area contributed by atoms with Crippen LogP contribution in [0.5, 0.6) is 0 Å². The van der Waals surface area contributed by atoms with Crippen molar-refractivity contribution in [2.75, 3.05) is 0 Å². The van der Waals surface area contributed by atoms with Gasteiger partial charge in [0.2, 0.25) is 0 Å². The summed E-state index contributed by atoms with van der Waals surface area (Å²) >= 11 is 6.76. The zero-order valence-electron chi connectivity index (χ0n) is 10.4. The van der Waals surface area contributed by atoms with Crippen LogP contribution in [0, 0.1) is 6.92 Å². The molecular weight excluding hydrogens is 370 g/mol. The minimum absolute atomic E-state index is 0.0785. The van der Waals surface area contributed by atoms with E-state index in [4.69, 9.17) is 0 Å². The van der Waals surface area contributed by atoms with Crippen molar-refractivity contribution in [3.05, 3.63) is 68.1 Å². The number of amides is 1. The van der Waals surface area contributed by atoms with Crippen molar-refractivity contribution in [1.82, 2.24) is 5.32 Å². The summed E-state index contributed by atoms with van der Waals surface area (Å²) in [4.78, 5) is 12.1. The maximum atomic E-state index is 12.1. The van der Waals surface area contributed by atoms with Crippen molar-refractivity contribution < 1.29 is 4.79 Å². The number of benzene rings is 2. The molecule has 98 valence electrons. The highest BCUT2D eigenvalue weighted by atomic mass is 79.9. The quantitative estimate of drug-likeness (QED) is 0.834. The molecular formula is C15H13Br2NO. The van der Waals surface area contributed by atoms with Gasteiger partial charge in [0.1, 0.15) is 0 Å². The van der Waals surface area contributed by atoms with Crippen molar-refractivity contribution in [3.63, 3.8) is 0 Å². The number of aryl methyl sites for hydroxylation is 1. The zero-order chi connectivity index (χ0) is 13.8. The normalized spacial score (nSPS) is 10.3. The Morgan fingerprint density at radius 3 is 2.37 bits per heavy atom. The van der Waals surface area contributed by atoms with E-state index in [9.17, 15) is 4.79 Å². The molecule has 0 atom stereocenters. The molecule has 0 saturated heterocycles. The zero-order valence-corrected chi connectivity index (χ0v) is 13.6. The van der Waals surface area contributed by atoms with Crippen molar-refractivity contribution >= 4 is 37.8 Å². The molecule has 2 nitrogen and oxygen atoms in total. The standard InChI is InChI=1S/C15H13Br2NO/c1-10-4-2-3-5-11(10)9-18-15(19)12-6-13(16)8-14(17)7-12/h2-8H,9H2,1H3,(H,18,19). The van der Waals surface area contributed by atoms with Gasteiger partial charge in [-0.25, -0.2) is 0 Å². The lowest BCUT2D eigenvalue weighted by Gasteiger charge is -2.08. The fourth-order valence-electron chi connectivity index (χ4n) is 1.77. The van der Waals surface area contributed by atoms with Crippen LogP contribution >= 0.6 is 31.9 Å². The molecule has 0 unspecified atom stereocenters.